The summed E-state index contributed by atoms with van der Waals surface area (Å²) >= 11 is 0. The van der Waals surface area contributed by atoms with Crippen molar-refractivity contribution in [2.75, 3.05) is 33.8 Å². The van der Waals surface area contributed by atoms with Crippen molar-refractivity contribution >= 4 is 12.4 Å². The number of piperidine rings is 1. The molecular formula is C15H25ClN2O. The Bertz CT molecular complexity index is 367. The number of ether oxygens (including phenoxy) is 1. The van der Waals surface area contributed by atoms with Gasteiger partial charge in [0, 0.05) is 13.1 Å². The van der Waals surface area contributed by atoms with E-state index in [1.165, 1.54) is 38.0 Å². The summed E-state index contributed by atoms with van der Waals surface area (Å²) in [5.41, 5.74) is 1.32. The summed E-state index contributed by atoms with van der Waals surface area (Å²) in [5, 5.41) is 3.42. The highest BCUT2D eigenvalue weighted by atomic mass is 35.5. The Morgan fingerprint density at radius 1 is 1.32 bits per heavy atom. The van der Waals surface area contributed by atoms with E-state index in [0.717, 1.165) is 18.2 Å². The number of halogens is 1. The molecule has 1 aliphatic heterocycles. The fraction of sp³-hybridized carbons (Fsp3) is 0.600. The van der Waals surface area contributed by atoms with Gasteiger partial charge in [0.15, 0.2) is 0 Å². The quantitative estimate of drug-likeness (QED) is 0.899. The molecule has 4 heteroatoms. The molecule has 0 atom stereocenters. The van der Waals surface area contributed by atoms with Gasteiger partial charge in [-0.1, -0.05) is 12.1 Å². The highest BCUT2D eigenvalue weighted by Crippen LogP contribution is 2.16. The molecule has 19 heavy (non-hydrogen) atoms. The number of nitrogens with zero attached hydrogens (tertiary/aromatic N) is 1. The zero-order chi connectivity index (χ0) is 12.8. The molecule has 1 N–H and O–H groups in total. The zero-order valence-electron chi connectivity index (χ0n) is 11.9. The average molecular weight is 285 g/mol. The molecule has 108 valence electrons. The predicted octanol–water partition coefficient (Wildman–Crippen LogP) is 2.55. The second kappa shape index (κ2) is 8.41. The van der Waals surface area contributed by atoms with Gasteiger partial charge in [0.2, 0.25) is 0 Å². The number of nitrogens with one attached hydrogen (secondary N) is 1. The molecule has 3 nitrogen and oxygen atoms in total. The van der Waals surface area contributed by atoms with Gasteiger partial charge in [0.1, 0.15) is 5.75 Å². The first kappa shape index (κ1) is 16.3. The third-order valence-electron chi connectivity index (χ3n) is 3.62. The first-order valence-corrected chi connectivity index (χ1v) is 6.80. The smallest absolute Gasteiger partial charge is 0.119 e. The Hall–Kier alpha value is -0.770. The summed E-state index contributed by atoms with van der Waals surface area (Å²) in [6.45, 7) is 4.55. The van der Waals surface area contributed by atoms with E-state index in [-0.39, 0.29) is 12.4 Å². The van der Waals surface area contributed by atoms with Crippen LogP contribution in [0.15, 0.2) is 24.3 Å². The molecule has 0 amide bonds. The number of hydrogen-bond donors (Lipinski definition) is 1. The summed E-state index contributed by atoms with van der Waals surface area (Å²) in [5.74, 6) is 1.80. The van der Waals surface area contributed by atoms with Crippen molar-refractivity contribution in [1.82, 2.24) is 10.2 Å². The predicted molar refractivity (Wildman–Crippen MR) is 82.2 cm³/mol. The molecule has 0 spiro atoms. The number of rotatable bonds is 5. The standard InChI is InChI=1S/C15H24N2O.ClH/c1-17(11-13-6-8-16-9-7-13)12-14-4-3-5-15(10-14)18-2;/h3-5,10,13,16H,6-9,11-12H2,1-2H3;1H. The molecule has 0 unspecified atom stereocenters. The third kappa shape index (κ3) is 5.39. The van der Waals surface area contributed by atoms with Gasteiger partial charge in [0.05, 0.1) is 7.11 Å². The van der Waals surface area contributed by atoms with Crippen LogP contribution in [0.25, 0.3) is 0 Å². The topological polar surface area (TPSA) is 24.5 Å². The van der Waals surface area contributed by atoms with E-state index in [0.29, 0.717) is 0 Å². The van der Waals surface area contributed by atoms with E-state index in [9.17, 15) is 0 Å². The first-order valence-electron chi connectivity index (χ1n) is 6.80. The van der Waals surface area contributed by atoms with Crippen LogP contribution in [-0.4, -0.2) is 38.7 Å². The molecule has 1 heterocycles. The monoisotopic (exact) mass is 284 g/mol. The molecule has 1 aromatic rings. The highest BCUT2D eigenvalue weighted by Gasteiger charge is 2.15. The molecule has 1 aliphatic rings. The van der Waals surface area contributed by atoms with E-state index in [4.69, 9.17) is 4.74 Å². The van der Waals surface area contributed by atoms with Crippen molar-refractivity contribution in [3.05, 3.63) is 29.8 Å². The molecular weight excluding hydrogens is 260 g/mol. The minimum atomic E-state index is 0. The van der Waals surface area contributed by atoms with Gasteiger partial charge < -0.3 is 15.0 Å². The fourth-order valence-corrected chi connectivity index (χ4v) is 2.65. The van der Waals surface area contributed by atoms with Crippen LogP contribution in [0.2, 0.25) is 0 Å². The maximum absolute atomic E-state index is 5.26. The number of benzene rings is 1. The number of hydrogen-bond acceptors (Lipinski definition) is 3. The Labute approximate surface area is 122 Å². The molecule has 1 aromatic carbocycles. The van der Waals surface area contributed by atoms with Gasteiger partial charge >= 0.3 is 0 Å². The van der Waals surface area contributed by atoms with Crippen molar-refractivity contribution < 1.29 is 4.74 Å². The van der Waals surface area contributed by atoms with E-state index in [1.807, 2.05) is 6.07 Å². The summed E-state index contributed by atoms with van der Waals surface area (Å²) in [4.78, 5) is 2.42. The largest absolute Gasteiger partial charge is 0.497 e. The second-order valence-corrected chi connectivity index (χ2v) is 5.24. The van der Waals surface area contributed by atoms with Crippen LogP contribution in [0.5, 0.6) is 5.75 Å². The van der Waals surface area contributed by atoms with Crippen LogP contribution in [0, 0.1) is 5.92 Å². The molecule has 0 aromatic heterocycles. The molecule has 0 radical (unpaired) electrons. The molecule has 0 saturated carbocycles. The van der Waals surface area contributed by atoms with Crippen molar-refractivity contribution in [3.8, 4) is 5.75 Å². The SMILES string of the molecule is COc1cccc(CN(C)CC2CCNCC2)c1.Cl. The lowest BCUT2D eigenvalue weighted by Crippen LogP contribution is -2.34. The second-order valence-electron chi connectivity index (χ2n) is 5.24. The van der Waals surface area contributed by atoms with E-state index >= 15 is 0 Å². The van der Waals surface area contributed by atoms with Crippen molar-refractivity contribution in [2.24, 2.45) is 5.92 Å². The summed E-state index contributed by atoms with van der Waals surface area (Å²) in [6, 6.07) is 8.35. The summed E-state index contributed by atoms with van der Waals surface area (Å²) in [7, 11) is 3.93. The summed E-state index contributed by atoms with van der Waals surface area (Å²) in [6.07, 6.45) is 2.62. The first-order chi connectivity index (χ1) is 8.78. The Kier molecular flexibility index (Phi) is 7.21. The Balaban J connectivity index is 0.00000180. The van der Waals surface area contributed by atoms with E-state index in [1.54, 1.807) is 7.11 Å². The fourth-order valence-electron chi connectivity index (χ4n) is 2.65. The highest BCUT2D eigenvalue weighted by molar-refractivity contribution is 5.85. The molecule has 0 aliphatic carbocycles. The van der Waals surface area contributed by atoms with Gasteiger partial charge in [-0.25, -0.2) is 0 Å². The van der Waals surface area contributed by atoms with Gasteiger partial charge in [-0.05, 0) is 56.6 Å². The van der Waals surface area contributed by atoms with Crippen LogP contribution < -0.4 is 10.1 Å². The van der Waals surface area contributed by atoms with Crippen LogP contribution in [0.3, 0.4) is 0 Å². The molecule has 0 bridgehead atoms. The number of methoxy groups -OCH3 is 1. The van der Waals surface area contributed by atoms with Crippen molar-refractivity contribution in [1.29, 1.82) is 0 Å². The lowest BCUT2D eigenvalue weighted by Gasteiger charge is -2.27. The van der Waals surface area contributed by atoms with Gasteiger partial charge in [-0.2, -0.15) is 0 Å². The minimum Gasteiger partial charge on any atom is -0.497 e. The third-order valence-corrected chi connectivity index (χ3v) is 3.62. The van der Waals surface area contributed by atoms with Gasteiger partial charge in [-0.3, -0.25) is 0 Å². The molecule has 2 rings (SSSR count). The van der Waals surface area contributed by atoms with Crippen LogP contribution in [0.4, 0.5) is 0 Å². The lowest BCUT2D eigenvalue weighted by molar-refractivity contribution is 0.234. The van der Waals surface area contributed by atoms with Crippen LogP contribution in [0.1, 0.15) is 18.4 Å². The van der Waals surface area contributed by atoms with E-state index in [2.05, 4.69) is 35.5 Å². The Morgan fingerprint density at radius 2 is 2.05 bits per heavy atom. The maximum Gasteiger partial charge on any atom is 0.119 e. The van der Waals surface area contributed by atoms with Crippen LogP contribution in [-0.2, 0) is 6.54 Å². The Morgan fingerprint density at radius 3 is 2.74 bits per heavy atom. The zero-order valence-corrected chi connectivity index (χ0v) is 12.7. The normalized spacial score (nSPS) is 16.2. The lowest BCUT2D eigenvalue weighted by atomic mass is 9.97. The molecule has 1 saturated heterocycles. The molecule has 1 fully saturated rings. The van der Waals surface area contributed by atoms with Crippen molar-refractivity contribution in [2.45, 2.75) is 19.4 Å². The maximum atomic E-state index is 5.26. The van der Waals surface area contributed by atoms with E-state index < -0.39 is 0 Å². The van der Waals surface area contributed by atoms with Crippen molar-refractivity contribution in [3.63, 3.8) is 0 Å². The average Bonchev–Trinajstić information content (AvgIpc) is 2.40. The van der Waals surface area contributed by atoms with Gasteiger partial charge in [-0.15, -0.1) is 12.4 Å². The summed E-state index contributed by atoms with van der Waals surface area (Å²) < 4.78 is 5.26. The van der Waals surface area contributed by atoms with Crippen LogP contribution >= 0.6 is 12.4 Å². The minimum absolute atomic E-state index is 0. The van der Waals surface area contributed by atoms with Gasteiger partial charge in [0.25, 0.3) is 0 Å².